The standard InChI is InChI=1S/C24H21F4N5O2/c1-2-9-32-13-17(11-21(32)22(34)30-14-29)23(35,24(26,27)28)16-3-8-20-15(10-16)12-31-33(20)19-6-4-18(25)5-7-19/h2-8,10-13,35H,1,9,14,29H2,(H,30,34). The zero-order valence-electron chi connectivity index (χ0n) is 18.3. The molecule has 2 heterocycles. The fourth-order valence-electron chi connectivity index (χ4n) is 3.91. The first-order valence-corrected chi connectivity index (χ1v) is 10.4. The molecule has 4 N–H and O–H groups in total. The van der Waals surface area contributed by atoms with Gasteiger partial charge in [0.05, 0.1) is 24.1 Å². The number of aromatic nitrogens is 3. The van der Waals surface area contributed by atoms with Crippen molar-refractivity contribution in [1.29, 1.82) is 0 Å². The van der Waals surface area contributed by atoms with E-state index in [-0.39, 0.29) is 18.9 Å². The number of hydrogen-bond acceptors (Lipinski definition) is 4. The van der Waals surface area contributed by atoms with Crippen LogP contribution in [0.5, 0.6) is 0 Å². The molecule has 0 saturated carbocycles. The van der Waals surface area contributed by atoms with E-state index in [4.69, 9.17) is 5.73 Å². The van der Waals surface area contributed by atoms with Crippen LogP contribution in [-0.2, 0) is 12.1 Å². The number of carbonyl (C=O) groups excluding carboxylic acids is 1. The minimum absolute atomic E-state index is 0.0325. The van der Waals surface area contributed by atoms with E-state index in [9.17, 15) is 27.5 Å². The van der Waals surface area contributed by atoms with Gasteiger partial charge in [-0.25, -0.2) is 9.07 Å². The summed E-state index contributed by atoms with van der Waals surface area (Å²) in [5.74, 6) is -1.13. The van der Waals surface area contributed by atoms with Gasteiger partial charge in [-0.1, -0.05) is 12.1 Å². The van der Waals surface area contributed by atoms with Gasteiger partial charge in [0.25, 0.3) is 5.91 Å². The van der Waals surface area contributed by atoms with Crippen molar-refractivity contribution in [1.82, 2.24) is 19.7 Å². The fourth-order valence-corrected chi connectivity index (χ4v) is 3.91. The molecule has 7 nitrogen and oxygen atoms in total. The summed E-state index contributed by atoms with van der Waals surface area (Å²) < 4.78 is 59.2. The van der Waals surface area contributed by atoms with Crippen LogP contribution in [0.15, 0.2) is 73.6 Å². The van der Waals surface area contributed by atoms with E-state index in [1.807, 2.05) is 0 Å². The van der Waals surface area contributed by atoms with E-state index in [0.717, 1.165) is 18.3 Å². The Hall–Kier alpha value is -3.96. The summed E-state index contributed by atoms with van der Waals surface area (Å²) in [5.41, 5.74) is 1.75. The molecule has 182 valence electrons. The highest BCUT2D eigenvalue weighted by Gasteiger charge is 2.57. The maximum absolute atomic E-state index is 14.4. The zero-order valence-corrected chi connectivity index (χ0v) is 18.3. The van der Waals surface area contributed by atoms with Gasteiger partial charge >= 0.3 is 6.18 Å². The van der Waals surface area contributed by atoms with Gasteiger partial charge in [0.15, 0.2) is 0 Å². The van der Waals surface area contributed by atoms with Crippen molar-refractivity contribution in [2.45, 2.75) is 18.3 Å². The van der Waals surface area contributed by atoms with E-state index >= 15 is 0 Å². The molecule has 0 aliphatic rings. The average molecular weight is 487 g/mol. The number of carbonyl (C=O) groups is 1. The number of nitrogens with zero attached hydrogens (tertiary/aromatic N) is 3. The maximum Gasteiger partial charge on any atom is 0.425 e. The van der Waals surface area contributed by atoms with E-state index < -0.39 is 34.6 Å². The number of amides is 1. The van der Waals surface area contributed by atoms with Crippen molar-refractivity contribution in [3.8, 4) is 5.69 Å². The molecule has 4 rings (SSSR count). The number of rotatable bonds is 7. The molecular weight excluding hydrogens is 466 g/mol. The first-order valence-electron chi connectivity index (χ1n) is 10.4. The minimum Gasteiger partial charge on any atom is -0.372 e. The van der Waals surface area contributed by atoms with Crippen LogP contribution in [0, 0.1) is 5.82 Å². The number of nitrogens with one attached hydrogen (secondary N) is 1. The van der Waals surface area contributed by atoms with Gasteiger partial charge in [-0.3, -0.25) is 4.79 Å². The van der Waals surface area contributed by atoms with Gasteiger partial charge in [0.2, 0.25) is 5.60 Å². The van der Waals surface area contributed by atoms with Crippen molar-refractivity contribution in [3.63, 3.8) is 0 Å². The molecule has 0 aliphatic carbocycles. The van der Waals surface area contributed by atoms with Crippen LogP contribution in [0.3, 0.4) is 0 Å². The molecule has 1 unspecified atom stereocenters. The molecule has 11 heteroatoms. The maximum atomic E-state index is 14.4. The molecule has 1 atom stereocenters. The number of allylic oxidation sites excluding steroid dienone is 1. The van der Waals surface area contributed by atoms with Gasteiger partial charge < -0.3 is 20.7 Å². The van der Waals surface area contributed by atoms with Crippen LogP contribution in [0.25, 0.3) is 16.6 Å². The lowest BCUT2D eigenvalue weighted by Crippen LogP contribution is -2.43. The number of halogens is 4. The number of benzene rings is 2. The molecule has 0 radical (unpaired) electrons. The van der Waals surface area contributed by atoms with Crippen LogP contribution in [-0.4, -0.2) is 38.2 Å². The van der Waals surface area contributed by atoms with Gasteiger partial charge in [-0.2, -0.15) is 18.3 Å². The van der Waals surface area contributed by atoms with Crippen LogP contribution in [0.4, 0.5) is 17.6 Å². The minimum atomic E-state index is -5.13. The van der Waals surface area contributed by atoms with Crippen molar-refractivity contribution in [3.05, 3.63) is 96.2 Å². The van der Waals surface area contributed by atoms with Gasteiger partial charge in [-0.05, 0) is 48.0 Å². The van der Waals surface area contributed by atoms with Gasteiger partial charge in [0.1, 0.15) is 11.5 Å². The third kappa shape index (κ3) is 4.19. The van der Waals surface area contributed by atoms with E-state index in [1.165, 1.54) is 57.9 Å². The molecule has 0 bridgehead atoms. The highest BCUT2D eigenvalue weighted by atomic mass is 19.4. The summed E-state index contributed by atoms with van der Waals surface area (Å²) in [6, 6.07) is 10.1. The second-order valence-electron chi connectivity index (χ2n) is 7.78. The van der Waals surface area contributed by atoms with E-state index in [0.29, 0.717) is 16.6 Å². The first-order chi connectivity index (χ1) is 16.6. The Morgan fingerprint density at radius 2 is 1.86 bits per heavy atom. The Bertz CT molecular complexity index is 1390. The van der Waals surface area contributed by atoms with Gasteiger partial charge in [0, 0.05) is 23.7 Å². The lowest BCUT2D eigenvalue weighted by Gasteiger charge is -2.30. The molecule has 0 saturated heterocycles. The Morgan fingerprint density at radius 3 is 2.49 bits per heavy atom. The predicted octanol–water partition coefficient (Wildman–Crippen LogP) is 3.60. The third-order valence-electron chi connectivity index (χ3n) is 5.60. The summed E-state index contributed by atoms with van der Waals surface area (Å²) in [6.07, 6.45) is -1.31. The monoisotopic (exact) mass is 487 g/mol. The topological polar surface area (TPSA) is 98.1 Å². The average Bonchev–Trinajstić information content (AvgIpc) is 3.43. The fraction of sp³-hybridized carbons (Fsp3) is 0.167. The van der Waals surface area contributed by atoms with Crippen molar-refractivity contribution < 1.29 is 27.5 Å². The number of aliphatic hydroxyl groups is 1. The third-order valence-corrected chi connectivity index (χ3v) is 5.60. The quantitative estimate of drug-likeness (QED) is 0.211. The Balaban J connectivity index is 1.85. The highest BCUT2D eigenvalue weighted by Crippen LogP contribution is 2.45. The Kier molecular flexibility index (Phi) is 6.22. The molecule has 4 aromatic rings. The summed E-state index contributed by atoms with van der Waals surface area (Å²) in [5, 5.41) is 18.0. The molecule has 0 aliphatic heterocycles. The first kappa shape index (κ1) is 24.2. The van der Waals surface area contributed by atoms with Crippen LogP contribution < -0.4 is 11.1 Å². The molecule has 2 aromatic heterocycles. The normalized spacial score (nSPS) is 13.5. The Morgan fingerprint density at radius 1 is 1.14 bits per heavy atom. The highest BCUT2D eigenvalue weighted by molar-refractivity contribution is 5.93. The second-order valence-corrected chi connectivity index (χ2v) is 7.78. The number of nitrogens with two attached hydrogens (primary N) is 1. The molecule has 1 amide bonds. The lowest BCUT2D eigenvalue weighted by atomic mass is 9.86. The summed E-state index contributed by atoms with van der Waals surface area (Å²) in [6.45, 7) is 3.37. The van der Waals surface area contributed by atoms with Crippen molar-refractivity contribution in [2.24, 2.45) is 5.73 Å². The lowest BCUT2D eigenvalue weighted by molar-refractivity contribution is -0.248. The Labute approximate surface area is 197 Å². The summed E-state index contributed by atoms with van der Waals surface area (Å²) >= 11 is 0. The summed E-state index contributed by atoms with van der Waals surface area (Å²) in [7, 11) is 0. The molecule has 0 spiro atoms. The van der Waals surface area contributed by atoms with Crippen molar-refractivity contribution >= 4 is 16.8 Å². The number of alkyl halides is 3. The SMILES string of the molecule is C=CCn1cc(C(O)(c2ccc3c(cnn3-c3ccc(F)cc3)c2)C(F)(F)F)cc1C(=O)NCN. The largest absolute Gasteiger partial charge is 0.425 e. The number of hydrogen-bond donors (Lipinski definition) is 3. The van der Waals surface area contributed by atoms with E-state index in [2.05, 4.69) is 17.0 Å². The molecule has 35 heavy (non-hydrogen) atoms. The zero-order chi connectivity index (χ0) is 25.4. The van der Waals surface area contributed by atoms with Gasteiger partial charge in [-0.15, -0.1) is 6.58 Å². The molecular formula is C24H21F4N5O2. The predicted molar refractivity (Wildman–Crippen MR) is 121 cm³/mol. The van der Waals surface area contributed by atoms with Crippen LogP contribution in [0.2, 0.25) is 0 Å². The van der Waals surface area contributed by atoms with Crippen molar-refractivity contribution in [2.75, 3.05) is 6.67 Å². The van der Waals surface area contributed by atoms with E-state index in [1.54, 1.807) is 0 Å². The smallest absolute Gasteiger partial charge is 0.372 e. The van der Waals surface area contributed by atoms with Crippen LogP contribution >= 0.6 is 0 Å². The molecule has 2 aromatic carbocycles. The summed E-state index contributed by atoms with van der Waals surface area (Å²) in [4.78, 5) is 12.4. The second kappa shape index (κ2) is 9.01. The molecule has 0 fully saturated rings. The van der Waals surface area contributed by atoms with Crippen LogP contribution in [0.1, 0.15) is 21.6 Å². The number of fused-ring (bicyclic) bond motifs is 1.